The van der Waals surface area contributed by atoms with Crippen molar-refractivity contribution in [2.75, 3.05) is 13.1 Å². The van der Waals surface area contributed by atoms with E-state index in [0.717, 1.165) is 18.6 Å². The Balaban J connectivity index is 2.11. The standard InChI is InChI=1S/C24H34N2O3/c1-5-20(4)26(23(27)16-19(2)3)18-24(28)25(17-22-12-9-15-29-22)14-13-21-10-7-6-8-11-21/h6-12,15,19-20H,5,13-14,16-18H2,1-4H3/t20-/m1/s1. The van der Waals surface area contributed by atoms with Gasteiger partial charge in [-0.25, -0.2) is 0 Å². The Kier molecular flexibility index (Phi) is 8.97. The molecule has 0 spiro atoms. The normalized spacial score (nSPS) is 12.0. The van der Waals surface area contributed by atoms with Crippen LogP contribution in [-0.2, 0) is 22.6 Å². The Labute approximate surface area is 174 Å². The van der Waals surface area contributed by atoms with E-state index < -0.39 is 0 Å². The van der Waals surface area contributed by atoms with Gasteiger partial charge in [-0.3, -0.25) is 9.59 Å². The van der Waals surface area contributed by atoms with Gasteiger partial charge in [0.05, 0.1) is 12.8 Å². The number of carbonyl (C=O) groups is 2. The predicted molar refractivity (Wildman–Crippen MR) is 115 cm³/mol. The zero-order valence-corrected chi connectivity index (χ0v) is 18.1. The maximum absolute atomic E-state index is 13.2. The molecule has 0 saturated heterocycles. The second-order valence-corrected chi connectivity index (χ2v) is 8.01. The van der Waals surface area contributed by atoms with Crippen LogP contribution in [0.2, 0.25) is 0 Å². The lowest BCUT2D eigenvalue weighted by Gasteiger charge is -2.31. The fraction of sp³-hybridized carbons (Fsp3) is 0.500. The lowest BCUT2D eigenvalue weighted by atomic mass is 10.1. The monoisotopic (exact) mass is 398 g/mol. The van der Waals surface area contributed by atoms with E-state index in [-0.39, 0.29) is 30.3 Å². The highest BCUT2D eigenvalue weighted by Gasteiger charge is 2.25. The third-order valence-electron chi connectivity index (χ3n) is 5.12. The number of rotatable bonds is 11. The fourth-order valence-corrected chi connectivity index (χ4v) is 3.21. The predicted octanol–water partition coefficient (Wildman–Crippen LogP) is 4.52. The van der Waals surface area contributed by atoms with E-state index in [1.807, 2.05) is 58.0 Å². The van der Waals surface area contributed by atoms with Gasteiger partial charge in [0.15, 0.2) is 0 Å². The number of amides is 2. The van der Waals surface area contributed by atoms with Crippen molar-refractivity contribution in [2.45, 2.75) is 59.5 Å². The molecule has 29 heavy (non-hydrogen) atoms. The van der Waals surface area contributed by atoms with Gasteiger partial charge < -0.3 is 14.2 Å². The average molecular weight is 399 g/mol. The topological polar surface area (TPSA) is 53.8 Å². The van der Waals surface area contributed by atoms with Gasteiger partial charge in [0.25, 0.3) is 0 Å². The molecule has 158 valence electrons. The number of hydrogen-bond acceptors (Lipinski definition) is 3. The smallest absolute Gasteiger partial charge is 0.242 e. The van der Waals surface area contributed by atoms with Gasteiger partial charge in [-0.15, -0.1) is 0 Å². The first-order valence-corrected chi connectivity index (χ1v) is 10.5. The molecule has 0 aliphatic heterocycles. The summed E-state index contributed by atoms with van der Waals surface area (Å²) in [5.74, 6) is 1.01. The number of carbonyl (C=O) groups excluding carboxylic acids is 2. The molecule has 0 radical (unpaired) electrons. The molecule has 1 atom stereocenters. The molecule has 0 N–H and O–H groups in total. The van der Waals surface area contributed by atoms with Crippen molar-refractivity contribution in [3.63, 3.8) is 0 Å². The van der Waals surface area contributed by atoms with E-state index >= 15 is 0 Å². The van der Waals surface area contributed by atoms with Gasteiger partial charge in [0.1, 0.15) is 12.3 Å². The summed E-state index contributed by atoms with van der Waals surface area (Å²) in [5, 5.41) is 0. The lowest BCUT2D eigenvalue weighted by Crippen LogP contribution is -2.47. The van der Waals surface area contributed by atoms with E-state index in [0.29, 0.717) is 19.5 Å². The summed E-state index contributed by atoms with van der Waals surface area (Å²) in [5.41, 5.74) is 1.18. The van der Waals surface area contributed by atoms with Gasteiger partial charge in [-0.2, -0.15) is 0 Å². The minimum absolute atomic E-state index is 0.0322. The first-order valence-electron chi connectivity index (χ1n) is 10.5. The van der Waals surface area contributed by atoms with Crippen LogP contribution in [0.25, 0.3) is 0 Å². The summed E-state index contributed by atoms with van der Waals surface area (Å²) in [6.45, 7) is 9.19. The summed E-state index contributed by atoms with van der Waals surface area (Å²) in [4.78, 5) is 29.5. The molecule has 2 amide bonds. The van der Waals surface area contributed by atoms with Crippen molar-refractivity contribution in [3.8, 4) is 0 Å². The fourth-order valence-electron chi connectivity index (χ4n) is 3.21. The second-order valence-electron chi connectivity index (χ2n) is 8.01. The summed E-state index contributed by atoms with van der Waals surface area (Å²) < 4.78 is 5.47. The molecule has 2 rings (SSSR count). The molecular weight excluding hydrogens is 364 g/mol. The Morgan fingerprint density at radius 2 is 1.72 bits per heavy atom. The number of benzene rings is 1. The van der Waals surface area contributed by atoms with Crippen LogP contribution in [0, 0.1) is 5.92 Å². The van der Waals surface area contributed by atoms with E-state index in [1.165, 1.54) is 5.56 Å². The lowest BCUT2D eigenvalue weighted by molar-refractivity contribution is -0.143. The first kappa shape index (κ1) is 22.7. The number of hydrogen-bond donors (Lipinski definition) is 0. The molecule has 5 nitrogen and oxygen atoms in total. The van der Waals surface area contributed by atoms with Crippen molar-refractivity contribution in [1.29, 1.82) is 0 Å². The third-order valence-corrected chi connectivity index (χ3v) is 5.12. The van der Waals surface area contributed by atoms with Crippen LogP contribution in [0.1, 0.15) is 51.9 Å². The SMILES string of the molecule is CC[C@@H](C)N(CC(=O)N(CCc1ccccc1)Cc1ccco1)C(=O)CC(C)C. The first-order chi connectivity index (χ1) is 13.9. The molecule has 0 bridgehead atoms. The van der Waals surface area contributed by atoms with Gasteiger partial charge >= 0.3 is 0 Å². The highest BCUT2D eigenvalue weighted by atomic mass is 16.3. The second kappa shape index (κ2) is 11.4. The Morgan fingerprint density at radius 1 is 1.00 bits per heavy atom. The van der Waals surface area contributed by atoms with Gasteiger partial charge in [-0.05, 0) is 43.4 Å². The highest BCUT2D eigenvalue weighted by Crippen LogP contribution is 2.13. The third kappa shape index (κ3) is 7.41. The number of furan rings is 1. The van der Waals surface area contributed by atoms with E-state index in [4.69, 9.17) is 4.42 Å². The maximum Gasteiger partial charge on any atom is 0.242 e. The van der Waals surface area contributed by atoms with Gasteiger partial charge in [0, 0.05) is 19.0 Å². The van der Waals surface area contributed by atoms with Crippen LogP contribution >= 0.6 is 0 Å². The van der Waals surface area contributed by atoms with Crippen LogP contribution in [0.5, 0.6) is 0 Å². The van der Waals surface area contributed by atoms with Crippen molar-refractivity contribution in [3.05, 3.63) is 60.1 Å². The zero-order chi connectivity index (χ0) is 21.2. The van der Waals surface area contributed by atoms with E-state index in [1.54, 1.807) is 16.1 Å². The minimum atomic E-state index is -0.0465. The molecule has 0 saturated carbocycles. The van der Waals surface area contributed by atoms with Crippen LogP contribution in [0.4, 0.5) is 0 Å². The quantitative estimate of drug-likeness (QED) is 0.559. The molecule has 5 heteroatoms. The Bertz CT molecular complexity index is 741. The Morgan fingerprint density at radius 3 is 2.31 bits per heavy atom. The van der Waals surface area contributed by atoms with Crippen LogP contribution < -0.4 is 0 Å². The molecule has 1 heterocycles. The molecular formula is C24H34N2O3. The van der Waals surface area contributed by atoms with E-state index in [9.17, 15) is 9.59 Å². The van der Waals surface area contributed by atoms with Crippen LogP contribution in [0.3, 0.4) is 0 Å². The zero-order valence-electron chi connectivity index (χ0n) is 18.1. The van der Waals surface area contributed by atoms with E-state index in [2.05, 4.69) is 12.1 Å². The highest BCUT2D eigenvalue weighted by molar-refractivity contribution is 5.85. The molecule has 0 aliphatic rings. The summed E-state index contributed by atoms with van der Waals surface area (Å²) in [6.07, 6.45) is 3.66. The van der Waals surface area contributed by atoms with Crippen molar-refractivity contribution in [2.24, 2.45) is 5.92 Å². The van der Waals surface area contributed by atoms with Crippen molar-refractivity contribution < 1.29 is 14.0 Å². The molecule has 1 aromatic heterocycles. The average Bonchev–Trinajstić information content (AvgIpc) is 3.21. The molecule has 0 fully saturated rings. The molecule has 0 aliphatic carbocycles. The summed E-state index contributed by atoms with van der Waals surface area (Å²) in [7, 11) is 0. The van der Waals surface area contributed by atoms with Crippen LogP contribution in [-0.4, -0.2) is 40.7 Å². The molecule has 1 aromatic carbocycles. The van der Waals surface area contributed by atoms with Gasteiger partial charge in [0.2, 0.25) is 11.8 Å². The van der Waals surface area contributed by atoms with Crippen molar-refractivity contribution in [1.82, 2.24) is 9.80 Å². The van der Waals surface area contributed by atoms with Gasteiger partial charge in [-0.1, -0.05) is 51.1 Å². The van der Waals surface area contributed by atoms with Crippen molar-refractivity contribution >= 4 is 11.8 Å². The number of nitrogens with zero attached hydrogens (tertiary/aromatic N) is 2. The summed E-state index contributed by atoms with van der Waals surface area (Å²) in [6, 6.07) is 13.9. The maximum atomic E-state index is 13.2. The minimum Gasteiger partial charge on any atom is -0.467 e. The van der Waals surface area contributed by atoms with Crippen LogP contribution in [0.15, 0.2) is 53.1 Å². The molecule has 2 aromatic rings. The molecule has 0 unspecified atom stereocenters. The largest absolute Gasteiger partial charge is 0.467 e. The Hall–Kier alpha value is -2.56. The summed E-state index contributed by atoms with van der Waals surface area (Å²) >= 11 is 0.